The van der Waals surface area contributed by atoms with Gasteiger partial charge in [0.25, 0.3) is 5.91 Å². The number of allylic oxidation sites excluding steroid dienone is 1. The molecular formula is C27H31NO6. The first-order valence-corrected chi connectivity index (χ1v) is 12.0. The zero-order valence-electron chi connectivity index (χ0n) is 19.3. The number of fused-ring (bicyclic) bond motifs is 3. The Morgan fingerprint density at radius 3 is 2.71 bits per heavy atom. The average Bonchev–Trinajstić information content (AvgIpc) is 3.27. The van der Waals surface area contributed by atoms with Crippen molar-refractivity contribution in [2.75, 3.05) is 52.7 Å². The summed E-state index contributed by atoms with van der Waals surface area (Å²) < 4.78 is 22.7. The number of nitrogens with zero attached hydrogens (tertiary/aromatic N) is 1. The molecule has 2 unspecified atom stereocenters. The van der Waals surface area contributed by atoms with Crippen LogP contribution >= 0.6 is 0 Å². The summed E-state index contributed by atoms with van der Waals surface area (Å²) in [6.45, 7) is 3.12. The van der Waals surface area contributed by atoms with E-state index in [1.807, 2.05) is 6.08 Å². The third-order valence-corrected chi connectivity index (χ3v) is 6.62. The van der Waals surface area contributed by atoms with Gasteiger partial charge in [-0.3, -0.25) is 4.79 Å². The Morgan fingerprint density at radius 2 is 1.85 bits per heavy atom. The van der Waals surface area contributed by atoms with Crippen molar-refractivity contribution in [3.05, 3.63) is 71.0 Å². The maximum Gasteiger partial charge on any atom is 0.288 e. The molecule has 0 bridgehead atoms. The normalized spacial score (nSPS) is 21.4. The lowest BCUT2D eigenvalue weighted by molar-refractivity contribution is -0.158. The highest BCUT2D eigenvalue weighted by molar-refractivity contribution is 5.92. The van der Waals surface area contributed by atoms with E-state index in [4.69, 9.17) is 24.1 Å². The molecule has 0 aromatic heterocycles. The van der Waals surface area contributed by atoms with Crippen LogP contribution in [0.4, 0.5) is 0 Å². The van der Waals surface area contributed by atoms with E-state index in [1.54, 1.807) is 4.90 Å². The van der Waals surface area contributed by atoms with Gasteiger partial charge in [-0.2, -0.15) is 0 Å². The van der Waals surface area contributed by atoms with Crippen molar-refractivity contribution in [3.63, 3.8) is 0 Å². The Labute approximate surface area is 199 Å². The predicted molar refractivity (Wildman–Crippen MR) is 126 cm³/mol. The van der Waals surface area contributed by atoms with Gasteiger partial charge in [-0.1, -0.05) is 42.5 Å². The van der Waals surface area contributed by atoms with Crippen LogP contribution in [-0.4, -0.2) is 74.9 Å². The van der Waals surface area contributed by atoms with Gasteiger partial charge in [0.2, 0.25) is 6.29 Å². The molecule has 34 heavy (non-hydrogen) atoms. The van der Waals surface area contributed by atoms with Crippen molar-refractivity contribution < 1.29 is 28.8 Å². The number of aliphatic hydroxyl groups is 1. The predicted octanol–water partition coefficient (Wildman–Crippen LogP) is 2.86. The second kappa shape index (κ2) is 10.7. The van der Waals surface area contributed by atoms with Gasteiger partial charge < -0.3 is 29.0 Å². The van der Waals surface area contributed by atoms with Gasteiger partial charge in [0.05, 0.1) is 39.6 Å². The maximum atomic E-state index is 13.3. The van der Waals surface area contributed by atoms with E-state index >= 15 is 0 Å². The first-order chi connectivity index (χ1) is 16.7. The molecule has 1 saturated heterocycles. The van der Waals surface area contributed by atoms with Gasteiger partial charge in [0, 0.05) is 25.4 Å². The number of carbonyl (C=O) groups excluding carboxylic acids is 1. The quantitative estimate of drug-likeness (QED) is 0.516. The van der Waals surface area contributed by atoms with Crippen molar-refractivity contribution in [2.45, 2.75) is 25.0 Å². The maximum absolute atomic E-state index is 13.3. The number of rotatable bonds is 8. The Balaban J connectivity index is 1.40. The first kappa shape index (κ1) is 23.1. The monoisotopic (exact) mass is 465 g/mol. The van der Waals surface area contributed by atoms with Crippen LogP contribution in [0.15, 0.2) is 54.3 Å². The molecule has 1 aliphatic carbocycles. The minimum absolute atomic E-state index is 0.00126. The van der Waals surface area contributed by atoms with Crippen LogP contribution in [0.3, 0.4) is 0 Å². The molecule has 2 atom stereocenters. The van der Waals surface area contributed by atoms with Gasteiger partial charge in [-0.25, -0.2) is 0 Å². The van der Waals surface area contributed by atoms with Crippen LogP contribution in [0.1, 0.15) is 29.0 Å². The molecule has 2 aromatic carbocycles. The van der Waals surface area contributed by atoms with E-state index in [9.17, 15) is 4.79 Å². The second-order valence-corrected chi connectivity index (χ2v) is 8.74. The van der Waals surface area contributed by atoms with Crippen molar-refractivity contribution in [2.24, 2.45) is 0 Å². The van der Waals surface area contributed by atoms with E-state index in [1.165, 1.54) is 27.8 Å². The fourth-order valence-electron chi connectivity index (χ4n) is 4.98. The Kier molecular flexibility index (Phi) is 7.25. The van der Waals surface area contributed by atoms with Crippen LogP contribution in [0.25, 0.3) is 11.1 Å². The van der Waals surface area contributed by atoms with Crippen molar-refractivity contribution in [3.8, 4) is 11.1 Å². The fourth-order valence-corrected chi connectivity index (χ4v) is 4.98. The SMILES string of the molecule is O=C(C1=CC(c2cccc3c2Cc2ccccc2-3)CC(OCCOCCO)O1)N1CCOCC1. The van der Waals surface area contributed by atoms with Gasteiger partial charge in [0.15, 0.2) is 5.76 Å². The summed E-state index contributed by atoms with van der Waals surface area (Å²) in [7, 11) is 0. The van der Waals surface area contributed by atoms with E-state index < -0.39 is 6.29 Å². The zero-order valence-corrected chi connectivity index (χ0v) is 19.3. The number of benzene rings is 2. The average molecular weight is 466 g/mol. The summed E-state index contributed by atoms with van der Waals surface area (Å²) in [4.78, 5) is 15.1. The topological polar surface area (TPSA) is 77.5 Å². The highest BCUT2D eigenvalue weighted by Gasteiger charge is 2.33. The van der Waals surface area contributed by atoms with Crippen molar-refractivity contribution in [1.29, 1.82) is 0 Å². The molecule has 2 aromatic rings. The van der Waals surface area contributed by atoms with Gasteiger partial charge in [-0.05, 0) is 40.3 Å². The molecule has 5 rings (SSSR count). The highest BCUT2D eigenvalue weighted by atomic mass is 16.7. The third-order valence-electron chi connectivity index (χ3n) is 6.62. The molecule has 3 aliphatic rings. The molecule has 7 heteroatoms. The first-order valence-electron chi connectivity index (χ1n) is 12.0. The highest BCUT2D eigenvalue weighted by Crippen LogP contribution is 2.43. The number of morpholine rings is 1. The summed E-state index contributed by atoms with van der Waals surface area (Å²) in [6.07, 6.45) is 2.93. The number of hydrogen-bond acceptors (Lipinski definition) is 6. The van der Waals surface area contributed by atoms with Crippen LogP contribution in [0, 0.1) is 0 Å². The van der Waals surface area contributed by atoms with E-state index in [0.717, 1.165) is 6.42 Å². The molecule has 1 N–H and O–H groups in total. The smallest absolute Gasteiger partial charge is 0.288 e. The lowest BCUT2D eigenvalue weighted by Crippen LogP contribution is -2.43. The largest absolute Gasteiger partial charge is 0.459 e. The summed E-state index contributed by atoms with van der Waals surface area (Å²) in [5.41, 5.74) is 6.42. The van der Waals surface area contributed by atoms with E-state index in [2.05, 4.69) is 42.5 Å². The molecule has 0 spiro atoms. The second-order valence-electron chi connectivity index (χ2n) is 8.74. The Hall–Kier alpha value is -2.71. The van der Waals surface area contributed by atoms with Gasteiger partial charge in [0.1, 0.15) is 0 Å². The summed E-state index contributed by atoms with van der Waals surface area (Å²) in [6, 6.07) is 15.0. The molecule has 1 fully saturated rings. The fraction of sp³-hybridized carbons (Fsp3) is 0.444. The van der Waals surface area contributed by atoms with Gasteiger partial charge >= 0.3 is 0 Å². The van der Waals surface area contributed by atoms with Crippen LogP contribution < -0.4 is 0 Å². The van der Waals surface area contributed by atoms with Crippen LogP contribution in [0.5, 0.6) is 0 Å². The molecule has 180 valence electrons. The molecular weight excluding hydrogens is 434 g/mol. The Morgan fingerprint density at radius 1 is 1.03 bits per heavy atom. The number of carbonyl (C=O) groups is 1. The number of aliphatic hydroxyl groups excluding tert-OH is 1. The van der Waals surface area contributed by atoms with Crippen molar-refractivity contribution in [1.82, 2.24) is 4.90 Å². The summed E-state index contributed by atoms with van der Waals surface area (Å²) >= 11 is 0. The zero-order chi connectivity index (χ0) is 23.3. The lowest BCUT2D eigenvalue weighted by atomic mass is 9.87. The third kappa shape index (κ3) is 4.88. The lowest BCUT2D eigenvalue weighted by Gasteiger charge is -2.33. The molecule has 0 radical (unpaired) electrons. The van der Waals surface area contributed by atoms with E-state index in [-0.39, 0.29) is 25.0 Å². The summed E-state index contributed by atoms with van der Waals surface area (Å²) in [5, 5.41) is 8.89. The van der Waals surface area contributed by atoms with Crippen molar-refractivity contribution >= 4 is 5.91 Å². The number of hydrogen-bond donors (Lipinski definition) is 1. The van der Waals surface area contributed by atoms with Crippen LogP contribution in [0.2, 0.25) is 0 Å². The standard InChI is InChI=1S/C27H31NO6/c29-10-13-32-14-15-33-26-18-20(17-25(34-26)27(30)28-8-11-31-12-9-28)22-6-3-7-23-21-5-2-1-4-19(21)16-24(22)23/h1-7,17,20,26,29H,8-16,18H2. The Bertz CT molecular complexity index is 1050. The minimum Gasteiger partial charge on any atom is -0.459 e. The van der Waals surface area contributed by atoms with Crippen LogP contribution in [-0.2, 0) is 30.2 Å². The molecule has 1 amide bonds. The number of ether oxygens (including phenoxy) is 4. The molecule has 2 aliphatic heterocycles. The minimum atomic E-state index is -0.549. The molecule has 2 heterocycles. The summed E-state index contributed by atoms with van der Waals surface area (Å²) in [5.74, 6) is 0.225. The van der Waals surface area contributed by atoms with Gasteiger partial charge in [-0.15, -0.1) is 0 Å². The molecule has 0 saturated carbocycles. The van der Waals surface area contributed by atoms with E-state index in [0.29, 0.717) is 51.7 Å². The molecule has 7 nitrogen and oxygen atoms in total. The number of amides is 1.